The molecule has 7 heteroatoms. The molecular weight excluding hydrogens is 342 g/mol. The number of benzene rings is 1. The monoisotopic (exact) mass is 367 g/mol. The van der Waals surface area contributed by atoms with Crippen molar-refractivity contribution < 1.29 is 23.1 Å². The van der Waals surface area contributed by atoms with Crippen molar-refractivity contribution in [3.05, 3.63) is 24.3 Å². The number of carbonyl (C=O) groups is 1. The Hall–Kier alpha value is -1.60. The Kier molecular flexibility index (Phi) is 5.64. The Bertz CT molecular complexity index is 695. The van der Waals surface area contributed by atoms with E-state index in [2.05, 4.69) is 0 Å². The number of carboxylic acid groups (broad SMARTS) is 1. The summed E-state index contributed by atoms with van der Waals surface area (Å²) < 4.78 is 32.3. The summed E-state index contributed by atoms with van der Waals surface area (Å²) in [6.45, 7) is 0.968. The van der Waals surface area contributed by atoms with Crippen molar-refractivity contribution >= 4 is 16.0 Å². The standard InChI is InChI=1S/C18H25NO5S/c20-18(21)15-10-11-19(12-15)25(22,23)17-8-6-16(7-9-17)24-13-14-4-2-1-3-5-14/h6-9,14-15H,1-5,10-13H2,(H,20,21). The van der Waals surface area contributed by atoms with Gasteiger partial charge in [0.25, 0.3) is 0 Å². The van der Waals surface area contributed by atoms with Crippen LogP contribution in [0.25, 0.3) is 0 Å². The van der Waals surface area contributed by atoms with Crippen LogP contribution < -0.4 is 4.74 Å². The molecule has 0 amide bonds. The molecule has 1 atom stereocenters. The Morgan fingerprint density at radius 3 is 2.40 bits per heavy atom. The normalized spacial score (nSPS) is 22.8. The van der Waals surface area contributed by atoms with E-state index in [9.17, 15) is 13.2 Å². The molecule has 0 radical (unpaired) electrons. The molecule has 2 fully saturated rings. The second kappa shape index (κ2) is 7.74. The van der Waals surface area contributed by atoms with Gasteiger partial charge >= 0.3 is 5.97 Å². The minimum absolute atomic E-state index is 0.0393. The first-order valence-electron chi connectivity index (χ1n) is 8.92. The quantitative estimate of drug-likeness (QED) is 0.836. The Morgan fingerprint density at radius 1 is 1.12 bits per heavy atom. The highest BCUT2D eigenvalue weighted by molar-refractivity contribution is 7.89. The van der Waals surface area contributed by atoms with Crippen LogP contribution in [0.3, 0.4) is 0 Å². The van der Waals surface area contributed by atoms with Gasteiger partial charge in [0.2, 0.25) is 10.0 Å². The van der Waals surface area contributed by atoms with Crippen molar-refractivity contribution in [2.45, 2.75) is 43.4 Å². The van der Waals surface area contributed by atoms with Crippen LogP contribution in [0, 0.1) is 11.8 Å². The number of hydrogen-bond acceptors (Lipinski definition) is 4. The van der Waals surface area contributed by atoms with Crippen LogP contribution >= 0.6 is 0 Å². The highest BCUT2D eigenvalue weighted by atomic mass is 32.2. The molecule has 1 unspecified atom stereocenters. The van der Waals surface area contributed by atoms with E-state index in [1.807, 2.05) is 0 Å². The Balaban J connectivity index is 1.60. The zero-order chi connectivity index (χ0) is 17.9. The number of rotatable bonds is 6. The van der Waals surface area contributed by atoms with Gasteiger partial charge in [0.1, 0.15) is 5.75 Å². The predicted octanol–water partition coefficient (Wildman–Crippen LogP) is 2.74. The lowest BCUT2D eigenvalue weighted by Crippen LogP contribution is -2.30. The van der Waals surface area contributed by atoms with Gasteiger partial charge in [-0.15, -0.1) is 0 Å². The van der Waals surface area contributed by atoms with Gasteiger partial charge in [-0.05, 0) is 49.4 Å². The van der Waals surface area contributed by atoms with Crippen molar-refractivity contribution in [2.75, 3.05) is 19.7 Å². The van der Waals surface area contributed by atoms with Gasteiger partial charge in [-0.25, -0.2) is 8.42 Å². The summed E-state index contributed by atoms with van der Waals surface area (Å²) in [5.41, 5.74) is 0. The summed E-state index contributed by atoms with van der Waals surface area (Å²) in [7, 11) is -3.64. The number of carboxylic acids is 1. The molecule has 2 aliphatic rings. The fraction of sp³-hybridized carbons (Fsp3) is 0.611. The van der Waals surface area contributed by atoms with Crippen LogP contribution in [-0.2, 0) is 14.8 Å². The summed E-state index contributed by atoms with van der Waals surface area (Å²) >= 11 is 0. The predicted molar refractivity (Wildman–Crippen MR) is 93.0 cm³/mol. The highest BCUT2D eigenvalue weighted by Gasteiger charge is 2.35. The number of hydrogen-bond donors (Lipinski definition) is 1. The lowest BCUT2D eigenvalue weighted by Gasteiger charge is -2.21. The van der Waals surface area contributed by atoms with Crippen molar-refractivity contribution in [3.8, 4) is 5.75 Å². The van der Waals surface area contributed by atoms with E-state index in [4.69, 9.17) is 9.84 Å². The Morgan fingerprint density at radius 2 is 1.80 bits per heavy atom. The molecule has 25 heavy (non-hydrogen) atoms. The highest BCUT2D eigenvalue weighted by Crippen LogP contribution is 2.27. The molecule has 1 saturated carbocycles. The van der Waals surface area contributed by atoms with E-state index >= 15 is 0 Å². The average Bonchev–Trinajstić information content (AvgIpc) is 3.12. The van der Waals surface area contributed by atoms with E-state index in [0.717, 1.165) is 0 Å². The SMILES string of the molecule is O=C(O)C1CCN(S(=O)(=O)c2ccc(OCC3CCCCC3)cc2)C1. The summed E-state index contributed by atoms with van der Waals surface area (Å²) in [4.78, 5) is 11.2. The molecule has 1 aliphatic heterocycles. The third kappa shape index (κ3) is 4.33. The van der Waals surface area contributed by atoms with Crippen molar-refractivity contribution in [2.24, 2.45) is 11.8 Å². The topological polar surface area (TPSA) is 83.9 Å². The molecule has 1 aromatic rings. The molecule has 1 N–H and O–H groups in total. The molecule has 0 bridgehead atoms. The lowest BCUT2D eigenvalue weighted by atomic mass is 9.90. The van der Waals surface area contributed by atoms with Crippen LogP contribution in [0.5, 0.6) is 5.75 Å². The van der Waals surface area contributed by atoms with E-state index in [1.165, 1.54) is 36.4 Å². The molecular formula is C18H25NO5S. The Labute approximate surface area is 148 Å². The number of ether oxygens (including phenoxy) is 1. The van der Waals surface area contributed by atoms with Gasteiger partial charge in [-0.3, -0.25) is 4.79 Å². The largest absolute Gasteiger partial charge is 0.493 e. The van der Waals surface area contributed by atoms with Crippen LogP contribution in [0.1, 0.15) is 38.5 Å². The first-order chi connectivity index (χ1) is 12.0. The summed E-state index contributed by atoms with van der Waals surface area (Å²) in [5, 5.41) is 9.03. The molecule has 1 heterocycles. The summed E-state index contributed by atoms with van der Waals surface area (Å²) in [5.74, 6) is -0.291. The van der Waals surface area contributed by atoms with E-state index < -0.39 is 21.9 Å². The molecule has 6 nitrogen and oxygen atoms in total. The molecule has 1 saturated heterocycles. The van der Waals surface area contributed by atoms with Crippen LogP contribution in [-0.4, -0.2) is 43.5 Å². The molecule has 3 rings (SSSR count). The van der Waals surface area contributed by atoms with Gasteiger partial charge in [0.15, 0.2) is 0 Å². The molecule has 138 valence electrons. The van der Waals surface area contributed by atoms with Gasteiger partial charge in [-0.2, -0.15) is 4.31 Å². The van der Waals surface area contributed by atoms with E-state index in [0.29, 0.717) is 24.7 Å². The van der Waals surface area contributed by atoms with Gasteiger partial charge in [0.05, 0.1) is 17.4 Å². The fourth-order valence-corrected chi connectivity index (χ4v) is 5.07. The van der Waals surface area contributed by atoms with Gasteiger partial charge in [0, 0.05) is 13.1 Å². The molecule has 1 aliphatic carbocycles. The molecule has 0 aromatic heterocycles. The van der Waals surface area contributed by atoms with Gasteiger partial charge < -0.3 is 9.84 Å². The maximum Gasteiger partial charge on any atom is 0.307 e. The molecule has 0 spiro atoms. The fourth-order valence-electron chi connectivity index (χ4n) is 3.57. The third-order valence-corrected chi connectivity index (χ3v) is 7.05. The lowest BCUT2D eigenvalue weighted by molar-refractivity contribution is -0.141. The zero-order valence-electron chi connectivity index (χ0n) is 14.3. The number of sulfonamides is 1. The van der Waals surface area contributed by atoms with Crippen molar-refractivity contribution in [3.63, 3.8) is 0 Å². The van der Waals surface area contributed by atoms with Crippen molar-refractivity contribution in [1.29, 1.82) is 0 Å². The summed E-state index contributed by atoms with van der Waals surface area (Å²) in [6, 6.07) is 6.44. The zero-order valence-corrected chi connectivity index (χ0v) is 15.1. The van der Waals surface area contributed by atoms with Crippen molar-refractivity contribution in [1.82, 2.24) is 4.31 Å². The second-order valence-corrected chi connectivity index (χ2v) is 8.91. The van der Waals surface area contributed by atoms with E-state index in [1.54, 1.807) is 24.3 Å². The number of aliphatic carboxylic acids is 1. The van der Waals surface area contributed by atoms with Crippen LogP contribution in [0.15, 0.2) is 29.2 Å². The van der Waals surface area contributed by atoms with Crippen LogP contribution in [0.2, 0.25) is 0 Å². The first kappa shape index (κ1) is 18.2. The minimum atomic E-state index is -3.64. The third-order valence-electron chi connectivity index (χ3n) is 5.17. The first-order valence-corrected chi connectivity index (χ1v) is 10.4. The molecule has 1 aromatic carbocycles. The maximum absolute atomic E-state index is 12.6. The van der Waals surface area contributed by atoms with Crippen LogP contribution in [0.4, 0.5) is 0 Å². The van der Waals surface area contributed by atoms with Gasteiger partial charge in [-0.1, -0.05) is 19.3 Å². The second-order valence-electron chi connectivity index (χ2n) is 6.97. The average molecular weight is 367 g/mol. The minimum Gasteiger partial charge on any atom is -0.493 e. The number of nitrogens with zero attached hydrogens (tertiary/aromatic N) is 1. The van der Waals surface area contributed by atoms with E-state index in [-0.39, 0.29) is 18.0 Å². The smallest absolute Gasteiger partial charge is 0.307 e. The summed E-state index contributed by atoms with van der Waals surface area (Å²) in [6.07, 6.45) is 6.59. The maximum atomic E-state index is 12.6.